The molecule has 1 amide bonds. The van der Waals surface area contributed by atoms with E-state index in [4.69, 9.17) is 0 Å². The van der Waals surface area contributed by atoms with Gasteiger partial charge in [0.05, 0.1) is 5.92 Å². The molecule has 2 saturated heterocycles. The maximum atomic E-state index is 12.5. The maximum Gasteiger partial charge on any atom is 0.227 e. The summed E-state index contributed by atoms with van der Waals surface area (Å²) in [4.78, 5) is 14.7. The molecule has 1 N–H and O–H groups in total. The largest absolute Gasteiger partial charge is 0.339 e. The topological polar surface area (TPSA) is 32.3 Å². The summed E-state index contributed by atoms with van der Waals surface area (Å²) in [7, 11) is 0. The Morgan fingerprint density at radius 1 is 1.41 bits per heavy atom. The van der Waals surface area contributed by atoms with Gasteiger partial charge in [-0.2, -0.15) is 0 Å². The highest BCUT2D eigenvalue weighted by Crippen LogP contribution is 2.28. The summed E-state index contributed by atoms with van der Waals surface area (Å²) < 4.78 is 0. The summed E-state index contributed by atoms with van der Waals surface area (Å²) >= 11 is 0. The van der Waals surface area contributed by atoms with Crippen molar-refractivity contribution in [2.45, 2.75) is 52.0 Å². The average Bonchev–Trinajstić information content (AvgIpc) is 2.85. The molecule has 3 atom stereocenters. The molecule has 0 aromatic rings. The number of hydrogen-bond donors (Lipinski definition) is 1. The molecule has 0 aromatic carbocycles. The molecule has 2 heterocycles. The van der Waals surface area contributed by atoms with Gasteiger partial charge in [-0.05, 0) is 38.1 Å². The lowest BCUT2D eigenvalue weighted by Gasteiger charge is -2.41. The Hall–Kier alpha value is -0.570. The summed E-state index contributed by atoms with van der Waals surface area (Å²) in [5.74, 6) is 1.35. The van der Waals surface area contributed by atoms with Crippen molar-refractivity contribution in [1.29, 1.82) is 0 Å². The number of hydrogen-bond acceptors (Lipinski definition) is 2. The Morgan fingerprint density at radius 3 is 2.88 bits per heavy atom. The fourth-order valence-electron chi connectivity index (χ4n) is 3.36. The molecule has 3 heteroatoms. The second kappa shape index (κ2) is 5.85. The SMILES string of the molecule is CCC[C@@H]1[C@H](C)CCCN1C(=O)[C@H]1CCNC1. The minimum absolute atomic E-state index is 0.250. The quantitative estimate of drug-likeness (QED) is 0.816. The van der Waals surface area contributed by atoms with Crippen molar-refractivity contribution in [3.05, 3.63) is 0 Å². The van der Waals surface area contributed by atoms with Crippen LogP contribution >= 0.6 is 0 Å². The average molecular weight is 238 g/mol. The third kappa shape index (κ3) is 2.82. The van der Waals surface area contributed by atoms with Crippen LogP contribution in [-0.4, -0.2) is 36.5 Å². The summed E-state index contributed by atoms with van der Waals surface area (Å²) in [6.45, 7) is 7.43. The predicted octanol–water partition coefficient (Wildman–Crippen LogP) is 2.02. The minimum Gasteiger partial charge on any atom is -0.339 e. The van der Waals surface area contributed by atoms with E-state index < -0.39 is 0 Å². The Morgan fingerprint density at radius 2 is 2.24 bits per heavy atom. The smallest absolute Gasteiger partial charge is 0.227 e. The molecule has 2 rings (SSSR count). The standard InChI is InChI=1S/C14H26N2O/c1-3-5-13-11(2)6-4-9-16(13)14(17)12-7-8-15-10-12/h11-13,15H,3-10H2,1-2H3/t11-,12+,13-/m1/s1. The molecule has 0 aliphatic carbocycles. The van der Waals surface area contributed by atoms with Gasteiger partial charge in [0.25, 0.3) is 0 Å². The van der Waals surface area contributed by atoms with Gasteiger partial charge in [-0.3, -0.25) is 4.79 Å². The van der Waals surface area contributed by atoms with Crippen LogP contribution in [0.3, 0.4) is 0 Å². The van der Waals surface area contributed by atoms with Gasteiger partial charge in [0.2, 0.25) is 5.91 Å². The number of likely N-dealkylation sites (tertiary alicyclic amines) is 1. The lowest BCUT2D eigenvalue weighted by Crippen LogP contribution is -2.50. The van der Waals surface area contributed by atoms with E-state index in [1.165, 1.54) is 25.7 Å². The first-order valence-electron chi connectivity index (χ1n) is 7.25. The van der Waals surface area contributed by atoms with Gasteiger partial charge in [-0.25, -0.2) is 0 Å². The Kier molecular flexibility index (Phi) is 4.43. The molecule has 0 radical (unpaired) electrons. The molecule has 3 nitrogen and oxygen atoms in total. The molecule has 0 unspecified atom stereocenters. The van der Waals surface area contributed by atoms with Crippen LogP contribution in [0, 0.1) is 11.8 Å². The minimum atomic E-state index is 0.250. The van der Waals surface area contributed by atoms with E-state index in [1.54, 1.807) is 0 Å². The van der Waals surface area contributed by atoms with Gasteiger partial charge in [0, 0.05) is 19.1 Å². The van der Waals surface area contributed by atoms with E-state index in [0.717, 1.165) is 26.1 Å². The van der Waals surface area contributed by atoms with Crippen LogP contribution in [0.4, 0.5) is 0 Å². The van der Waals surface area contributed by atoms with Crippen molar-refractivity contribution in [3.63, 3.8) is 0 Å². The zero-order chi connectivity index (χ0) is 12.3. The van der Waals surface area contributed by atoms with Crippen molar-refractivity contribution in [3.8, 4) is 0 Å². The van der Waals surface area contributed by atoms with Gasteiger partial charge in [-0.15, -0.1) is 0 Å². The number of nitrogens with zero attached hydrogens (tertiary/aromatic N) is 1. The predicted molar refractivity (Wildman–Crippen MR) is 69.8 cm³/mol. The first-order valence-corrected chi connectivity index (χ1v) is 7.25. The normalized spacial score (nSPS) is 34.0. The molecule has 0 saturated carbocycles. The van der Waals surface area contributed by atoms with Crippen LogP contribution in [0.15, 0.2) is 0 Å². The number of rotatable bonds is 3. The molecule has 0 bridgehead atoms. The zero-order valence-electron chi connectivity index (χ0n) is 11.2. The number of piperidine rings is 1. The number of carbonyl (C=O) groups is 1. The Balaban J connectivity index is 2.02. The molecular weight excluding hydrogens is 212 g/mol. The number of amides is 1. The highest BCUT2D eigenvalue weighted by molar-refractivity contribution is 5.79. The van der Waals surface area contributed by atoms with E-state index in [1.807, 2.05) is 0 Å². The maximum absolute atomic E-state index is 12.5. The highest BCUT2D eigenvalue weighted by Gasteiger charge is 2.35. The molecule has 2 aliphatic heterocycles. The lowest BCUT2D eigenvalue weighted by atomic mass is 9.87. The van der Waals surface area contributed by atoms with Gasteiger partial charge >= 0.3 is 0 Å². The van der Waals surface area contributed by atoms with Crippen LogP contribution < -0.4 is 5.32 Å². The first-order chi connectivity index (χ1) is 8.24. The lowest BCUT2D eigenvalue weighted by molar-refractivity contribution is -0.140. The monoisotopic (exact) mass is 238 g/mol. The molecule has 0 aromatic heterocycles. The molecule has 2 aliphatic rings. The summed E-state index contributed by atoms with van der Waals surface area (Å²) in [6.07, 6.45) is 5.86. The Labute approximate surface area is 105 Å². The van der Waals surface area contributed by atoms with Gasteiger partial charge in [0.15, 0.2) is 0 Å². The molecule has 98 valence electrons. The summed E-state index contributed by atoms with van der Waals surface area (Å²) in [6, 6.07) is 0.502. The second-order valence-corrected chi connectivity index (χ2v) is 5.70. The van der Waals surface area contributed by atoms with Crippen molar-refractivity contribution >= 4 is 5.91 Å². The number of nitrogens with one attached hydrogen (secondary N) is 1. The highest BCUT2D eigenvalue weighted by atomic mass is 16.2. The van der Waals surface area contributed by atoms with Crippen LogP contribution in [0.25, 0.3) is 0 Å². The third-order valence-corrected chi connectivity index (χ3v) is 4.39. The van der Waals surface area contributed by atoms with Crippen molar-refractivity contribution in [2.75, 3.05) is 19.6 Å². The zero-order valence-corrected chi connectivity index (χ0v) is 11.2. The van der Waals surface area contributed by atoms with E-state index in [0.29, 0.717) is 17.9 Å². The summed E-state index contributed by atoms with van der Waals surface area (Å²) in [5, 5.41) is 3.30. The van der Waals surface area contributed by atoms with Gasteiger partial charge < -0.3 is 10.2 Å². The number of carbonyl (C=O) groups excluding carboxylic acids is 1. The van der Waals surface area contributed by atoms with Crippen molar-refractivity contribution in [1.82, 2.24) is 10.2 Å². The van der Waals surface area contributed by atoms with Gasteiger partial charge in [0.1, 0.15) is 0 Å². The van der Waals surface area contributed by atoms with Crippen molar-refractivity contribution < 1.29 is 4.79 Å². The van der Waals surface area contributed by atoms with Gasteiger partial charge in [-0.1, -0.05) is 20.3 Å². The van der Waals surface area contributed by atoms with E-state index >= 15 is 0 Å². The first kappa shape index (κ1) is 12.9. The van der Waals surface area contributed by atoms with E-state index in [9.17, 15) is 4.79 Å². The fourth-order valence-corrected chi connectivity index (χ4v) is 3.36. The van der Waals surface area contributed by atoms with Crippen LogP contribution in [0.5, 0.6) is 0 Å². The molecule has 0 spiro atoms. The van der Waals surface area contributed by atoms with E-state index in [-0.39, 0.29) is 5.92 Å². The van der Waals surface area contributed by atoms with Crippen molar-refractivity contribution in [2.24, 2.45) is 11.8 Å². The molecular formula is C14H26N2O. The van der Waals surface area contributed by atoms with E-state index in [2.05, 4.69) is 24.1 Å². The third-order valence-electron chi connectivity index (χ3n) is 4.39. The Bertz CT molecular complexity index is 261. The fraction of sp³-hybridized carbons (Fsp3) is 0.929. The molecule has 2 fully saturated rings. The summed E-state index contributed by atoms with van der Waals surface area (Å²) in [5.41, 5.74) is 0. The van der Waals surface area contributed by atoms with Crippen LogP contribution in [0.1, 0.15) is 46.0 Å². The second-order valence-electron chi connectivity index (χ2n) is 5.70. The van der Waals surface area contributed by atoms with Crippen LogP contribution in [-0.2, 0) is 4.79 Å². The van der Waals surface area contributed by atoms with Crippen LogP contribution in [0.2, 0.25) is 0 Å². The molecule has 17 heavy (non-hydrogen) atoms.